The first kappa shape index (κ1) is 23.1. The maximum Gasteiger partial charge on any atom is 0.326 e. The Labute approximate surface area is 175 Å². The molecule has 0 radical (unpaired) electrons. The number of nitrogens with two attached hydrogens (primary N) is 3. The van der Waals surface area contributed by atoms with Gasteiger partial charge in [0.1, 0.15) is 12.1 Å². The van der Waals surface area contributed by atoms with Gasteiger partial charge < -0.3 is 32.5 Å². The third kappa shape index (κ3) is 6.73. The summed E-state index contributed by atoms with van der Waals surface area (Å²) >= 11 is 0. The Bertz CT molecular complexity index is 766. The first-order valence-corrected chi connectivity index (χ1v) is 9.98. The third-order valence-electron chi connectivity index (χ3n) is 5.02. The maximum atomic E-state index is 13.0. The van der Waals surface area contributed by atoms with E-state index in [0.29, 0.717) is 38.8 Å². The Hall–Kier alpha value is -3.14. The summed E-state index contributed by atoms with van der Waals surface area (Å²) in [5.74, 6) is -2.00. The van der Waals surface area contributed by atoms with Crippen LogP contribution in [-0.2, 0) is 20.8 Å². The zero-order valence-corrected chi connectivity index (χ0v) is 16.9. The summed E-state index contributed by atoms with van der Waals surface area (Å²) in [4.78, 5) is 42.3. The molecule has 10 nitrogen and oxygen atoms in total. The van der Waals surface area contributed by atoms with Gasteiger partial charge in [-0.05, 0) is 37.7 Å². The van der Waals surface area contributed by atoms with E-state index in [-0.39, 0.29) is 12.4 Å². The standard InChI is InChI=1S/C20H30N6O4/c21-14(12-13-6-2-1-3-7-13)17(27)25-15(8-4-10-24-20(22)23)18(28)26-11-5-9-16(26)19(29)30/h1-3,6-7,14-16H,4-5,8-12,21H2,(H,25,27)(H,29,30)(H4,22,23,24)/t14-,15-,16+/m0/s1. The molecular formula is C20H30N6O4. The van der Waals surface area contributed by atoms with E-state index in [4.69, 9.17) is 17.2 Å². The van der Waals surface area contributed by atoms with E-state index in [0.717, 1.165) is 5.56 Å². The molecule has 0 saturated carbocycles. The van der Waals surface area contributed by atoms with Crippen molar-refractivity contribution in [2.45, 2.75) is 50.2 Å². The van der Waals surface area contributed by atoms with Gasteiger partial charge in [-0.1, -0.05) is 30.3 Å². The Balaban J connectivity index is 2.06. The average Bonchev–Trinajstić information content (AvgIpc) is 3.20. The number of likely N-dealkylation sites (tertiary alicyclic amines) is 1. The van der Waals surface area contributed by atoms with Crippen LogP contribution in [0.4, 0.5) is 0 Å². The quantitative estimate of drug-likeness (QED) is 0.187. The van der Waals surface area contributed by atoms with Gasteiger partial charge in [0.15, 0.2) is 5.96 Å². The number of hydrogen-bond acceptors (Lipinski definition) is 5. The zero-order chi connectivity index (χ0) is 22.1. The minimum Gasteiger partial charge on any atom is -0.480 e. The number of aliphatic imine (C=N–C) groups is 1. The van der Waals surface area contributed by atoms with Crippen LogP contribution in [0.1, 0.15) is 31.2 Å². The number of carbonyl (C=O) groups excluding carboxylic acids is 2. The van der Waals surface area contributed by atoms with Gasteiger partial charge in [-0.2, -0.15) is 0 Å². The summed E-state index contributed by atoms with van der Waals surface area (Å²) in [6.45, 7) is 0.632. The highest BCUT2D eigenvalue weighted by atomic mass is 16.4. The Morgan fingerprint density at radius 2 is 1.93 bits per heavy atom. The number of carboxylic acid groups (broad SMARTS) is 1. The monoisotopic (exact) mass is 418 g/mol. The zero-order valence-electron chi connectivity index (χ0n) is 16.9. The van der Waals surface area contributed by atoms with Gasteiger partial charge in [-0.25, -0.2) is 4.79 Å². The normalized spacial score (nSPS) is 17.8. The molecule has 0 aliphatic carbocycles. The fourth-order valence-electron chi connectivity index (χ4n) is 3.49. The molecule has 1 aromatic carbocycles. The summed E-state index contributed by atoms with van der Waals surface area (Å²) in [5, 5.41) is 12.1. The van der Waals surface area contributed by atoms with Crippen molar-refractivity contribution in [2.24, 2.45) is 22.2 Å². The van der Waals surface area contributed by atoms with Crippen molar-refractivity contribution in [1.82, 2.24) is 10.2 Å². The molecule has 1 fully saturated rings. The van der Waals surface area contributed by atoms with Gasteiger partial charge in [0.05, 0.1) is 6.04 Å². The molecule has 164 valence electrons. The second-order valence-electron chi connectivity index (χ2n) is 7.33. The van der Waals surface area contributed by atoms with E-state index < -0.39 is 35.9 Å². The van der Waals surface area contributed by atoms with Crippen molar-refractivity contribution in [3.63, 3.8) is 0 Å². The molecule has 0 spiro atoms. The average molecular weight is 418 g/mol. The highest BCUT2D eigenvalue weighted by molar-refractivity contribution is 5.92. The molecule has 1 aromatic rings. The van der Waals surface area contributed by atoms with Crippen LogP contribution < -0.4 is 22.5 Å². The van der Waals surface area contributed by atoms with E-state index in [1.54, 1.807) is 0 Å². The van der Waals surface area contributed by atoms with Crippen LogP contribution in [0.2, 0.25) is 0 Å². The van der Waals surface area contributed by atoms with E-state index >= 15 is 0 Å². The molecular weight excluding hydrogens is 388 g/mol. The number of benzene rings is 1. The molecule has 8 N–H and O–H groups in total. The Morgan fingerprint density at radius 3 is 2.57 bits per heavy atom. The number of hydrogen-bond donors (Lipinski definition) is 5. The first-order chi connectivity index (χ1) is 14.3. The number of aliphatic carboxylic acids is 1. The summed E-state index contributed by atoms with van der Waals surface area (Å²) in [6.07, 6.45) is 2.02. The minimum absolute atomic E-state index is 0.0581. The predicted octanol–water partition coefficient (Wildman–Crippen LogP) is -0.830. The van der Waals surface area contributed by atoms with Gasteiger partial charge in [0, 0.05) is 13.1 Å². The van der Waals surface area contributed by atoms with Crippen LogP contribution in [0.5, 0.6) is 0 Å². The minimum atomic E-state index is -1.05. The van der Waals surface area contributed by atoms with E-state index in [1.165, 1.54) is 4.90 Å². The van der Waals surface area contributed by atoms with Crippen molar-refractivity contribution in [3.8, 4) is 0 Å². The maximum absolute atomic E-state index is 13.0. The third-order valence-corrected chi connectivity index (χ3v) is 5.02. The number of guanidine groups is 1. The first-order valence-electron chi connectivity index (χ1n) is 9.98. The van der Waals surface area contributed by atoms with Crippen molar-refractivity contribution >= 4 is 23.7 Å². The Kier molecular flexibility index (Phi) is 8.60. The molecule has 1 aliphatic rings. The van der Waals surface area contributed by atoms with Gasteiger partial charge in [0.25, 0.3) is 0 Å². The summed E-state index contributed by atoms with van der Waals surface area (Å²) in [5.41, 5.74) is 17.6. The molecule has 0 bridgehead atoms. The largest absolute Gasteiger partial charge is 0.480 e. The number of nitrogens with one attached hydrogen (secondary N) is 1. The topological polar surface area (TPSA) is 177 Å². The van der Waals surface area contributed by atoms with Gasteiger partial charge in [-0.15, -0.1) is 0 Å². The van der Waals surface area contributed by atoms with Crippen molar-refractivity contribution in [3.05, 3.63) is 35.9 Å². The molecule has 3 atom stereocenters. The van der Waals surface area contributed by atoms with Gasteiger partial charge in [-0.3, -0.25) is 14.6 Å². The van der Waals surface area contributed by atoms with Crippen LogP contribution >= 0.6 is 0 Å². The van der Waals surface area contributed by atoms with Crippen LogP contribution in [0.15, 0.2) is 35.3 Å². The lowest BCUT2D eigenvalue weighted by Gasteiger charge is -2.28. The predicted molar refractivity (Wildman–Crippen MR) is 112 cm³/mol. The Morgan fingerprint density at radius 1 is 1.23 bits per heavy atom. The molecule has 0 aromatic heterocycles. The smallest absolute Gasteiger partial charge is 0.326 e. The van der Waals surface area contributed by atoms with Crippen LogP contribution in [0.25, 0.3) is 0 Å². The molecule has 10 heteroatoms. The van der Waals surface area contributed by atoms with Gasteiger partial charge in [0.2, 0.25) is 11.8 Å². The molecule has 1 saturated heterocycles. The number of nitrogens with zero attached hydrogens (tertiary/aromatic N) is 2. The van der Waals surface area contributed by atoms with E-state index in [2.05, 4.69) is 10.3 Å². The molecule has 1 aliphatic heterocycles. The van der Waals surface area contributed by atoms with Gasteiger partial charge >= 0.3 is 5.97 Å². The fraction of sp³-hybridized carbons (Fsp3) is 0.500. The second-order valence-corrected chi connectivity index (χ2v) is 7.33. The molecule has 1 heterocycles. The summed E-state index contributed by atoms with van der Waals surface area (Å²) in [7, 11) is 0. The molecule has 2 rings (SSSR count). The highest BCUT2D eigenvalue weighted by Gasteiger charge is 2.37. The van der Waals surface area contributed by atoms with Crippen molar-refractivity contribution in [2.75, 3.05) is 13.1 Å². The number of carbonyl (C=O) groups is 3. The van der Waals surface area contributed by atoms with Crippen LogP contribution in [0, 0.1) is 0 Å². The lowest BCUT2D eigenvalue weighted by atomic mass is 10.0. The number of amides is 2. The van der Waals surface area contributed by atoms with Crippen LogP contribution in [-0.4, -0.2) is 65.0 Å². The summed E-state index contributed by atoms with van der Waals surface area (Å²) in [6, 6.07) is 6.70. The molecule has 30 heavy (non-hydrogen) atoms. The lowest BCUT2D eigenvalue weighted by molar-refractivity contribution is -0.149. The second kappa shape index (κ2) is 11.1. The van der Waals surface area contributed by atoms with E-state index in [1.807, 2.05) is 30.3 Å². The summed E-state index contributed by atoms with van der Waals surface area (Å²) < 4.78 is 0. The number of carboxylic acids is 1. The van der Waals surface area contributed by atoms with Crippen LogP contribution in [0.3, 0.4) is 0 Å². The van der Waals surface area contributed by atoms with Crippen molar-refractivity contribution < 1.29 is 19.5 Å². The van der Waals surface area contributed by atoms with E-state index in [9.17, 15) is 19.5 Å². The molecule has 2 amide bonds. The lowest BCUT2D eigenvalue weighted by Crippen LogP contribution is -2.54. The van der Waals surface area contributed by atoms with Crippen molar-refractivity contribution in [1.29, 1.82) is 0 Å². The SMILES string of the molecule is NC(N)=NCCC[C@H](NC(=O)[C@@H](N)Cc1ccccc1)C(=O)N1CCC[C@@H]1C(=O)O. The molecule has 0 unspecified atom stereocenters. The number of rotatable bonds is 10. The fourth-order valence-corrected chi connectivity index (χ4v) is 3.49. The highest BCUT2D eigenvalue weighted by Crippen LogP contribution is 2.19.